The Morgan fingerprint density at radius 2 is 1.08 bits per heavy atom. The molecule has 2 aromatic carbocycles. The van der Waals surface area contributed by atoms with Crippen LogP contribution in [0.15, 0.2) is 104 Å². The highest BCUT2D eigenvalue weighted by Gasteiger charge is 2.12. The summed E-state index contributed by atoms with van der Waals surface area (Å²) in [4.78, 5) is 35.5. The number of aromatic nitrogens is 2. The first-order chi connectivity index (χ1) is 18.0. The maximum Gasteiger partial charge on any atom is 0.274 e. The van der Waals surface area contributed by atoms with Gasteiger partial charge in [0.2, 0.25) is 0 Å². The zero-order valence-corrected chi connectivity index (χ0v) is 24.3. The summed E-state index contributed by atoms with van der Waals surface area (Å²) in [7, 11) is 0. The third-order valence-electron chi connectivity index (χ3n) is 4.99. The van der Waals surface area contributed by atoms with E-state index in [0.717, 1.165) is 48.0 Å². The summed E-state index contributed by atoms with van der Waals surface area (Å²) >= 11 is 10.1. The van der Waals surface area contributed by atoms with Gasteiger partial charge in [-0.25, -0.2) is 9.97 Å². The number of hydrogen-bond donors (Lipinski definition) is 2. The maximum atomic E-state index is 12.6. The molecule has 0 aliphatic heterocycles. The average Bonchev–Trinajstić information content (AvgIpc) is 2.91. The fourth-order valence-corrected chi connectivity index (χ4v) is 5.78. The number of pyridine rings is 2. The molecule has 2 heterocycles. The van der Waals surface area contributed by atoms with Crippen molar-refractivity contribution >= 4 is 78.6 Å². The van der Waals surface area contributed by atoms with E-state index in [1.54, 1.807) is 60.2 Å². The Hall–Kier alpha value is -2.66. The summed E-state index contributed by atoms with van der Waals surface area (Å²) in [5.74, 6) is 1.28. The number of para-hydroxylation sites is 2. The molecule has 0 fully saturated rings. The quantitative estimate of drug-likeness (QED) is 0.134. The summed E-state index contributed by atoms with van der Waals surface area (Å²) in [6.45, 7) is 0. The van der Waals surface area contributed by atoms with Gasteiger partial charge in [-0.15, -0.1) is 23.5 Å². The highest BCUT2D eigenvalue weighted by molar-refractivity contribution is 9.10. The first kappa shape index (κ1) is 27.4. The summed E-state index contributed by atoms with van der Waals surface area (Å²) in [5, 5.41) is 5.93. The van der Waals surface area contributed by atoms with Crippen LogP contribution in [0.25, 0.3) is 0 Å². The van der Waals surface area contributed by atoms with Crippen molar-refractivity contribution in [1.29, 1.82) is 0 Å². The number of carbonyl (C=O) groups excluding carboxylic acids is 2. The van der Waals surface area contributed by atoms with Crippen molar-refractivity contribution in [3.05, 3.63) is 106 Å². The summed E-state index contributed by atoms with van der Waals surface area (Å²) in [6, 6.07) is 22.5. The molecule has 0 saturated heterocycles. The third-order valence-corrected chi connectivity index (χ3v) is 8.25. The standard InChI is InChI=1S/C27H22Br2N4O2S2/c28-18-10-12-22(30-16-18)26(34)32-20-6-1-3-8-24(20)36-14-5-15-37-25-9-4-2-7-21(25)33-27(35)23-13-11-19(29)17-31-23/h1-4,6-13,16-17H,5,14-15H2,(H,32,34)(H,33,35). The molecule has 0 radical (unpaired) electrons. The molecule has 4 rings (SSSR count). The summed E-state index contributed by atoms with van der Waals surface area (Å²) in [5.41, 5.74) is 2.26. The first-order valence-corrected chi connectivity index (χ1v) is 14.8. The Morgan fingerprint density at radius 1 is 0.649 bits per heavy atom. The number of nitrogens with zero attached hydrogens (tertiary/aromatic N) is 2. The van der Waals surface area contributed by atoms with Crippen LogP contribution in [0.2, 0.25) is 0 Å². The highest BCUT2D eigenvalue weighted by atomic mass is 79.9. The zero-order chi connectivity index (χ0) is 26.0. The molecule has 4 aromatic rings. The smallest absolute Gasteiger partial charge is 0.274 e. The van der Waals surface area contributed by atoms with Crippen molar-refractivity contribution in [2.45, 2.75) is 16.2 Å². The van der Waals surface area contributed by atoms with Gasteiger partial charge in [0.25, 0.3) is 11.8 Å². The fraction of sp³-hybridized carbons (Fsp3) is 0.111. The monoisotopic (exact) mass is 656 g/mol. The van der Waals surface area contributed by atoms with Crippen LogP contribution in [0.3, 0.4) is 0 Å². The molecular weight excluding hydrogens is 636 g/mol. The molecule has 6 nitrogen and oxygen atoms in total. The van der Waals surface area contributed by atoms with Gasteiger partial charge in [0, 0.05) is 31.1 Å². The molecule has 2 N–H and O–H groups in total. The van der Waals surface area contributed by atoms with Gasteiger partial charge in [-0.2, -0.15) is 0 Å². The van der Waals surface area contributed by atoms with Crippen LogP contribution in [-0.4, -0.2) is 33.3 Å². The van der Waals surface area contributed by atoms with E-state index in [2.05, 4.69) is 52.5 Å². The van der Waals surface area contributed by atoms with Gasteiger partial charge in [-0.3, -0.25) is 9.59 Å². The average molecular weight is 658 g/mol. The van der Waals surface area contributed by atoms with Crippen LogP contribution in [0.5, 0.6) is 0 Å². The molecular formula is C27H22Br2N4O2S2. The largest absolute Gasteiger partial charge is 0.320 e. The number of halogens is 2. The van der Waals surface area contributed by atoms with E-state index in [-0.39, 0.29) is 11.8 Å². The number of benzene rings is 2. The molecule has 10 heteroatoms. The number of amides is 2. The van der Waals surface area contributed by atoms with Crippen LogP contribution in [-0.2, 0) is 0 Å². The highest BCUT2D eigenvalue weighted by Crippen LogP contribution is 2.31. The van der Waals surface area contributed by atoms with Crippen molar-refractivity contribution in [3.8, 4) is 0 Å². The van der Waals surface area contributed by atoms with Crippen LogP contribution in [0.4, 0.5) is 11.4 Å². The summed E-state index contributed by atoms with van der Waals surface area (Å²) < 4.78 is 1.65. The Kier molecular flexibility index (Phi) is 10.2. The Morgan fingerprint density at radius 3 is 1.49 bits per heavy atom. The Labute approximate surface area is 240 Å². The van der Waals surface area contributed by atoms with E-state index in [1.165, 1.54) is 0 Å². The fourth-order valence-electron chi connectivity index (χ4n) is 3.21. The lowest BCUT2D eigenvalue weighted by Gasteiger charge is -2.12. The second-order valence-electron chi connectivity index (χ2n) is 7.67. The number of carbonyl (C=O) groups is 2. The van der Waals surface area contributed by atoms with Gasteiger partial charge in [-0.05, 0) is 98.3 Å². The van der Waals surface area contributed by atoms with Crippen molar-refractivity contribution in [2.75, 3.05) is 22.1 Å². The van der Waals surface area contributed by atoms with Crippen molar-refractivity contribution in [3.63, 3.8) is 0 Å². The molecule has 0 aliphatic rings. The molecule has 2 aromatic heterocycles. The van der Waals surface area contributed by atoms with Crippen LogP contribution in [0.1, 0.15) is 27.4 Å². The number of rotatable bonds is 10. The zero-order valence-electron chi connectivity index (χ0n) is 19.5. The number of nitrogens with one attached hydrogen (secondary N) is 2. The predicted octanol–water partition coefficient (Wildman–Crippen LogP) is 7.78. The van der Waals surface area contributed by atoms with Gasteiger partial charge in [-0.1, -0.05) is 24.3 Å². The van der Waals surface area contributed by atoms with E-state index in [1.807, 2.05) is 48.5 Å². The van der Waals surface area contributed by atoms with Crippen molar-refractivity contribution in [2.24, 2.45) is 0 Å². The van der Waals surface area contributed by atoms with E-state index < -0.39 is 0 Å². The van der Waals surface area contributed by atoms with E-state index in [0.29, 0.717) is 11.4 Å². The Bertz CT molecular complexity index is 1260. The molecule has 0 aliphatic carbocycles. The first-order valence-electron chi connectivity index (χ1n) is 11.3. The second-order valence-corrected chi connectivity index (χ2v) is 11.8. The molecule has 0 spiro atoms. The molecule has 0 unspecified atom stereocenters. The Balaban J connectivity index is 1.28. The van der Waals surface area contributed by atoms with E-state index in [9.17, 15) is 9.59 Å². The number of anilines is 2. The minimum absolute atomic E-state index is 0.243. The van der Waals surface area contributed by atoms with Gasteiger partial charge >= 0.3 is 0 Å². The SMILES string of the molecule is O=C(Nc1ccccc1SCCCSc1ccccc1NC(=O)c1ccc(Br)cn1)c1ccc(Br)cn1. The van der Waals surface area contributed by atoms with Gasteiger partial charge < -0.3 is 10.6 Å². The molecule has 0 saturated carbocycles. The minimum atomic E-state index is -0.243. The second kappa shape index (κ2) is 13.8. The lowest BCUT2D eigenvalue weighted by Crippen LogP contribution is -2.14. The van der Waals surface area contributed by atoms with Gasteiger partial charge in [0.15, 0.2) is 0 Å². The molecule has 2 amide bonds. The summed E-state index contributed by atoms with van der Waals surface area (Å²) in [6.07, 6.45) is 4.16. The van der Waals surface area contributed by atoms with Gasteiger partial charge in [0.05, 0.1) is 11.4 Å². The normalized spacial score (nSPS) is 10.6. The lowest BCUT2D eigenvalue weighted by molar-refractivity contribution is 0.101. The predicted molar refractivity (Wildman–Crippen MR) is 159 cm³/mol. The minimum Gasteiger partial charge on any atom is -0.320 e. The van der Waals surface area contributed by atoms with E-state index in [4.69, 9.17) is 0 Å². The van der Waals surface area contributed by atoms with Crippen LogP contribution >= 0.6 is 55.4 Å². The van der Waals surface area contributed by atoms with E-state index >= 15 is 0 Å². The topological polar surface area (TPSA) is 84.0 Å². The number of thioether (sulfide) groups is 2. The van der Waals surface area contributed by atoms with Gasteiger partial charge in [0.1, 0.15) is 11.4 Å². The lowest BCUT2D eigenvalue weighted by atomic mass is 10.3. The molecule has 188 valence electrons. The molecule has 0 bridgehead atoms. The van der Waals surface area contributed by atoms with Crippen molar-refractivity contribution in [1.82, 2.24) is 9.97 Å². The molecule has 37 heavy (non-hydrogen) atoms. The van der Waals surface area contributed by atoms with Crippen molar-refractivity contribution < 1.29 is 9.59 Å². The maximum absolute atomic E-state index is 12.6. The number of hydrogen-bond acceptors (Lipinski definition) is 6. The van der Waals surface area contributed by atoms with Crippen LogP contribution in [0, 0.1) is 0 Å². The molecule has 0 atom stereocenters. The third kappa shape index (κ3) is 8.16. The van der Waals surface area contributed by atoms with Crippen LogP contribution < -0.4 is 10.6 Å².